The lowest BCUT2D eigenvalue weighted by molar-refractivity contribution is -0.157. The van der Waals surface area contributed by atoms with Crippen molar-refractivity contribution >= 4 is 5.97 Å². The van der Waals surface area contributed by atoms with E-state index in [2.05, 4.69) is 19.2 Å². The Morgan fingerprint density at radius 2 is 2.23 bits per heavy atom. The molecule has 1 aliphatic heterocycles. The highest BCUT2D eigenvalue weighted by Gasteiger charge is 2.43. The predicted molar refractivity (Wildman–Crippen MR) is 51.4 cm³/mol. The number of piperidine rings is 1. The van der Waals surface area contributed by atoms with Gasteiger partial charge in [-0.2, -0.15) is 0 Å². The Kier molecular flexibility index (Phi) is 3.31. The molecule has 0 spiro atoms. The van der Waals surface area contributed by atoms with Gasteiger partial charge in [0.2, 0.25) is 0 Å². The summed E-state index contributed by atoms with van der Waals surface area (Å²) in [7, 11) is 1.47. The van der Waals surface area contributed by atoms with Crippen LogP contribution in [0.15, 0.2) is 0 Å². The lowest BCUT2D eigenvalue weighted by atomic mass is 9.72. The molecule has 1 fully saturated rings. The van der Waals surface area contributed by atoms with Gasteiger partial charge in [-0.15, -0.1) is 0 Å². The van der Waals surface area contributed by atoms with E-state index in [4.69, 9.17) is 4.74 Å². The van der Waals surface area contributed by atoms with Gasteiger partial charge in [-0.25, -0.2) is 0 Å². The largest absolute Gasteiger partial charge is 0.469 e. The topological polar surface area (TPSA) is 38.3 Å². The Balaban J connectivity index is 2.79. The summed E-state index contributed by atoms with van der Waals surface area (Å²) in [6, 6.07) is 0. The molecule has 0 aromatic carbocycles. The Labute approximate surface area is 79.8 Å². The number of nitrogens with one attached hydrogen (secondary N) is 1. The van der Waals surface area contributed by atoms with Crippen LogP contribution in [-0.2, 0) is 9.53 Å². The first-order valence-corrected chi connectivity index (χ1v) is 4.92. The molecule has 0 aromatic rings. The maximum Gasteiger partial charge on any atom is 0.313 e. The van der Waals surface area contributed by atoms with Gasteiger partial charge in [-0.1, -0.05) is 13.8 Å². The first-order chi connectivity index (χ1) is 6.13. The average molecular weight is 185 g/mol. The normalized spacial score (nSPS) is 28.9. The van der Waals surface area contributed by atoms with Crippen molar-refractivity contribution in [2.45, 2.75) is 26.7 Å². The molecule has 3 heteroatoms. The van der Waals surface area contributed by atoms with E-state index in [-0.39, 0.29) is 11.4 Å². The highest BCUT2D eigenvalue weighted by atomic mass is 16.5. The maximum absolute atomic E-state index is 11.7. The Morgan fingerprint density at radius 3 is 2.62 bits per heavy atom. The minimum absolute atomic E-state index is 0.0605. The van der Waals surface area contributed by atoms with Crippen LogP contribution in [0.5, 0.6) is 0 Å². The van der Waals surface area contributed by atoms with Crippen LogP contribution in [0.3, 0.4) is 0 Å². The Bertz CT molecular complexity index is 183. The molecule has 0 aliphatic carbocycles. The summed E-state index contributed by atoms with van der Waals surface area (Å²) < 4.78 is 4.88. The quantitative estimate of drug-likeness (QED) is 0.657. The number of rotatable bonds is 2. The molecule has 0 saturated carbocycles. The van der Waals surface area contributed by atoms with Gasteiger partial charge in [0.25, 0.3) is 0 Å². The van der Waals surface area contributed by atoms with Crippen molar-refractivity contribution in [2.24, 2.45) is 11.3 Å². The Hall–Kier alpha value is -0.570. The van der Waals surface area contributed by atoms with Crippen LogP contribution in [0, 0.1) is 11.3 Å². The van der Waals surface area contributed by atoms with Crippen LogP contribution in [-0.4, -0.2) is 26.2 Å². The first-order valence-electron chi connectivity index (χ1n) is 4.92. The van der Waals surface area contributed by atoms with E-state index in [1.54, 1.807) is 0 Å². The van der Waals surface area contributed by atoms with Crippen molar-refractivity contribution in [3.63, 3.8) is 0 Å². The molecule has 1 atom stereocenters. The Morgan fingerprint density at radius 1 is 1.54 bits per heavy atom. The maximum atomic E-state index is 11.7. The zero-order chi connectivity index (χ0) is 9.90. The standard InChI is InChI=1S/C10H19NO2/c1-8(2)10(9(12)13-3)5-4-6-11-7-10/h8,11H,4-7H2,1-3H3. The molecule has 1 unspecified atom stereocenters. The summed E-state index contributed by atoms with van der Waals surface area (Å²) in [4.78, 5) is 11.7. The number of carbonyl (C=O) groups excluding carboxylic acids is 1. The van der Waals surface area contributed by atoms with E-state index in [1.165, 1.54) is 7.11 Å². The fourth-order valence-corrected chi connectivity index (χ4v) is 2.03. The lowest BCUT2D eigenvalue weighted by Gasteiger charge is -2.38. The van der Waals surface area contributed by atoms with Gasteiger partial charge in [0.05, 0.1) is 12.5 Å². The van der Waals surface area contributed by atoms with Gasteiger partial charge < -0.3 is 10.1 Å². The predicted octanol–water partition coefficient (Wildman–Crippen LogP) is 1.19. The number of methoxy groups -OCH3 is 1. The van der Waals surface area contributed by atoms with Crippen molar-refractivity contribution in [3.05, 3.63) is 0 Å². The molecule has 13 heavy (non-hydrogen) atoms. The van der Waals surface area contributed by atoms with E-state index in [1.807, 2.05) is 0 Å². The van der Waals surface area contributed by atoms with Crippen LogP contribution in [0.25, 0.3) is 0 Å². The van der Waals surface area contributed by atoms with E-state index >= 15 is 0 Å². The third kappa shape index (κ3) is 1.85. The van der Waals surface area contributed by atoms with Gasteiger partial charge in [0, 0.05) is 6.54 Å². The molecule has 1 rings (SSSR count). The second-order valence-corrected chi connectivity index (χ2v) is 4.08. The third-order valence-electron chi connectivity index (χ3n) is 3.11. The van der Waals surface area contributed by atoms with Crippen LogP contribution < -0.4 is 5.32 Å². The van der Waals surface area contributed by atoms with Crippen molar-refractivity contribution in [1.82, 2.24) is 5.32 Å². The van der Waals surface area contributed by atoms with E-state index in [9.17, 15) is 4.79 Å². The SMILES string of the molecule is COC(=O)C1(C(C)C)CCCNC1. The number of hydrogen-bond donors (Lipinski definition) is 1. The summed E-state index contributed by atoms with van der Waals surface area (Å²) in [6.45, 7) is 5.96. The molecule has 1 aliphatic rings. The minimum Gasteiger partial charge on any atom is -0.469 e. The fourth-order valence-electron chi connectivity index (χ4n) is 2.03. The van der Waals surface area contributed by atoms with Crippen LogP contribution in [0.1, 0.15) is 26.7 Å². The molecule has 0 aromatic heterocycles. The number of carbonyl (C=O) groups is 1. The van der Waals surface area contributed by atoms with Crippen LogP contribution in [0.4, 0.5) is 0 Å². The van der Waals surface area contributed by atoms with Gasteiger partial charge in [-0.3, -0.25) is 4.79 Å². The number of ether oxygens (including phenoxy) is 1. The number of hydrogen-bond acceptors (Lipinski definition) is 3. The molecule has 0 amide bonds. The molecule has 3 nitrogen and oxygen atoms in total. The summed E-state index contributed by atoms with van der Waals surface area (Å²) in [6.07, 6.45) is 2.01. The fraction of sp³-hybridized carbons (Fsp3) is 0.900. The molecular formula is C10H19NO2. The van der Waals surface area contributed by atoms with Crippen molar-refractivity contribution < 1.29 is 9.53 Å². The highest BCUT2D eigenvalue weighted by molar-refractivity contribution is 5.77. The van der Waals surface area contributed by atoms with Gasteiger partial charge in [0.1, 0.15) is 0 Å². The molecule has 1 saturated heterocycles. The molecule has 0 bridgehead atoms. The molecule has 1 heterocycles. The van der Waals surface area contributed by atoms with Crippen LogP contribution >= 0.6 is 0 Å². The number of esters is 1. The smallest absolute Gasteiger partial charge is 0.313 e. The lowest BCUT2D eigenvalue weighted by Crippen LogP contribution is -2.49. The van der Waals surface area contributed by atoms with Crippen molar-refractivity contribution in [1.29, 1.82) is 0 Å². The van der Waals surface area contributed by atoms with Gasteiger partial charge >= 0.3 is 5.97 Å². The van der Waals surface area contributed by atoms with Gasteiger partial charge in [0.15, 0.2) is 0 Å². The second-order valence-electron chi connectivity index (χ2n) is 4.08. The van der Waals surface area contributed by atoms with E-state index < -0.39 is 0 Å². The monoisotopic (exact) mass is 185 g/mol. The zero-order valence-electron chi connectivity index (χ0n) is 8.72. The second kappa shape index (κ2) is 4.09. The zero-order valence-corrected chi connectivity index (χ0v) is 8.72. The molecule has 1 N–H and O–H groups in total. The van der Waals surface area contributed by atoms with Gasteiger partial charge in [-0.05, 0) is 25.3 Å². The highest BCUT2D eigenvalue weighted by Crippen LogP contribution is 2.35. The summed E-state index contributed by atoms with van der Waals surface area (Å²) in [5.74, 6) is 0.280. The van der Waals surface area contributed by atoms with E-state index in [0.29, 0.717) is 5.92 Å². The molecule has 0 radical (unpaired) electrons. The van der Waals surface area contributed by atoms with Crippen LogP contribution in [0.2, 0.25) is 0 Å². The molecular weight excluding hydrogens is 166 g/mol. The van der Waals surface area contributed by atoms with E-state index in [0.717, 1.165) is 25.9 Å². The first kappa shape index (κ1) is 10.5. The molecule has 76 valence electrons. The van der Waals surface area contributed by atoms with Crippen molar-refractivity contribution in [3.8, 4) is 0 Å². The minimum atomic E-state index is -0.285. The average Bonchev–Trinajstić information content (AvgIpc) is 2.17. The van der Waals surface area contributed by atoms with Crippen molar-refractivity contribution in [2.75, 3.05) is 20.2 Å². The summed E-state index contributed by atoms with van der Waals surface area (Å²) >= 11 is 0. The third-order valence-corrected chi connectivity index (χ3v) is 3.11. The summed E-state index contributed by atoms with van der Waals surface area (Å²) in [5.41, 5.74) is -0.285. The summed E-state index contributed by atoms with van der Waals surface area (Å²) in [5, 5.41) is 3.27.